The van der Waals surface area contributed by atoms with Crippen molar-refractivity contribution >= 4 is 10.4 Å². The second kappa shape index (κ2) is 9.35. The van der Waals surface area contributed by atoms with Crippen LogP contribution in [-0.4, -0.2) is 46.5 Å². The predicted molar refractivity (Wildman–Crippen MR) is 38.3 cm³/mol. The Balaban J connectivity index is 0. The molecule has 0 N–H and O–H groups in total. The maximum Gasteiger partial charge on any atom is 1.00 e. The summed E-state index contributed by atoms with van der Waals surface area (Å²) in [5.74, 6) is 0. The molecule has 0 aromatic carbocycles. The topological polar surface area (TPSA) is 84.9 Å². The zero-order valence-electron chi connectivity index (χ0n) is 7.69. The summed E-state index contributed by atoms with van der Waals surface area (Å²) in [7, 11) is -3.06. The molecule has 0 aliphatic carbocycles. The number of hydrogen-bond donors (Lipinski definition) is 0. The van der Waals surface area contributed by atoms with Gasteiger partial charge in [0.25, 0.3) is 0 Å². The van der Waals surface area contributed by atoms with E-state index in [-0.39, 0.29) is 42.8 Å². The van der Waals surface area contributed by atoms with Gasteiger partial charge in [0.2, 0.25) is 10.4 Å². The van der Waals surface area contributed by atoms with Crippen LogP contribution < -0.4 is 29.6 Å². The van der Waals surface area contributed by atoms with E-state index >= 15 is 0 Å². The predicted octanol–water partition coefficient (Wildman–Crippen LogP) is -3.87. The molecule has 8 heteroatoms. The van der Waals surface area contributed by atoms with Crippen molar-refractivity contribution < 1.29 is 56.2 Å². The molecule has 74 valence electrons. The SMILES string of the molecule is COCCOCCOS(=O)(=O)[O-].[Na+]. The first kappa shape index (κ1) is 16.2. The molecule has 0 spiro atoms. The van der Waals surface area contributed by atoms with Gasteiger partial charge in [0.1, 0.15) is 0 Å². The minimum absolute atomic E-state index is 0. The first-order valence-electron chi connectivity index (χ1n) is 3.23. The van der Waals surface area contributed by atoms with Gasteiger partial charge in [-0.1, -0.05) is 0 Å². The molecule has 6 nitrogen and oxygen atoms in total. The Bertz CT molecular complexity index is 191. The third kappa shape index (κ3) is 15.5. The summed E-state index contributed by atoms with van der Waals surface area (Å²) in [6.45, 7) is 0.573. The Hall–Kier alpha value is 0.790. The van der Waals surface area contributed by atoms with Crippen LogP contribution in [0.15, 0.2) is 0 Å². The van der Waals surface area contributed by atoms with E-state index in [1.54, 1.807) is 0 Å². The van der Waals surface area contributed by atoms with E-state index in [9.17, 15) is 13.0 Å². The van der Waals surface area contributed by atoms with Crippen molar-refractivity contribution in [1.29, 1.82) is 0 Å². The molecule has 0 aromatic heterocycles. The van der Waals surface area contributed by atoms with Gasteiger partial charge in [0.15, 0.2) is 0 Å². The second-order valence-corrected chi connectivity index (χ2v) is 2.89. The summed E-state index contributed by atoms with van der Waals surface area (Å²) in [6.07, 6.45) is 0. The molecule has 13 heavy (non-hydrogen) atoms. The molecule has 0 aliphatic rings. The molecule has 0 unspecified atom stereocenters. The summed E-state index contributed by atoms with van der Waals surface area (Å²) >= 11 is 0. The quantitative estimate of drug-likeness (QED) is 0.190. The Morgan fingerprint density at radius 1 is 1.15 bits per heavy atom. The van der Waals surface area contributed by atoms with E-state index in [1.807, 2.05) is 0 Å². The zero-order chi connectivity index (χ0) is 9.45. The third-order valence-corrected chi connectivity index (χ3v) is 1.34. The molecule has 0 saturated heterocycles. The standard InChI is InChI=1S/C5H12O6S.Na/c1-9-2-3-10-4-5-11-12(6,7)8;/h2-5H2,1H3,(H,6,7,8);/q;+1/p-1. The number of hydrogen-bond acceptors (Lipinski definition) is 6. The van der Waals surface area contributed by atoms with Crippen molar-refractivity contribution in [2.24, 2.45) is 0 Å². The van der Waals surface area contributed by atoms with Crippen molar-refractivity contribution in [1.82, 2.24) is 0 Å². The second-order valence-electron chi connectivity index (χ2n) is 1.84. The van der Waals surface area contributed by atoms with E-state index in [1.165, 1.54) is 7.11 Å². The molecule has 0 rings (SSSR count). The molecular formula is C5H11NaO6S. The fourth-order valence-electron chi connectivity index (χ4n) is 0.439. The molecule has 0 atom stereocenters. The average Bonchev–Trinajstić information content (AvgIpc) is 1.94. The number of ether oxygens (including phenoxy) is 2. The van der Waals surface area contributed by atoms with Crippen molar-refractivity contribution in [3.8, 4) is 0 Å². The Labute approximate surface area is 99.8 Å². The molecule has 0 amide bonds. The van der Waals surface area contributed by atoms with E-state index in [0.29, 0.717) is 13.2 Å². The van der Waals surface area contributed by atoms with Gasteiger partial charge in [-0.15, -0.1) is 0 Å². The average molecular weight is 222 g/mol. The fourth-order valence-corrected chi connectivity index (χ4v) is 0.711. The molecule has 0 aliphatic heterocycles. The van der Waals surface area contributed by atoms with Gasteiger partial charge in [-0.05, 0) is 0 Å². The van der Waals surface area contributed by atoms with E-state index in [0.717, 1.165) is 0 Å². The Morgan fingerprint density at radius 2 is 1.69 bits per heavy atom. The van der Waals surface area contributed by atoms with Gasteiger partial charge in [-0.3, -0.25) is 4.18 Å². The van der Waals surface area contributed by atoms with Gasteiger partial charge < -0.3 is 14.0 Å². The maximum atomic E-state index is 9.86. The smallest absolute Gasteiger partial charge is 0.726 e. The van der Waals surface area contributed by atoms with Crippen LogP contribution in [0.3, 0.4) is 0 Å². The largest absolute Gasteiger partial charge is 1.00 e. The molecule has 0 radical (unpaired) electrons. The number of methoxy groups -OCH3 is 1. The minimum Gasteiger partial charge on any atom is -0.726 e. The normalized spacial score (nSPS) is 10.9. The van der Waals surface area contributed by atoms with E-state index < -0.39 is 10.4 Å². The van der Waals surface area contributed by atoms with Crippen LogP contribution in [0.2, 0.25) is 0 Å². The third-order valence-electron chi connectivity index (χ3n) is 0.887. The molecule has 0 saturated carbocycles. The Morgan fingerprint density at radius 3 is 2.15 bits per heavy atom. The number of rotatable bonds is 7. The van der Waals surface area contributed by atoms with Crippen LogP contribution in [-0.2, 0) is 24.1 Å². The van der Waals surface area contributed by atoms with Crippen LogP contribution >= 0.6 is 0 Å². The van der Waals surface area contributed by atoms with Crippen LogP contribution in [0.4, 0.5) is 0 Å². The first-order valence-corrected chi connectivity index (χ1v) is 4.56. The van der Waals surface area contributed by atoms with Gasteiger partial charge in [-0.25, -0.2) is 8.42 Å². The summed E-state index contributed by atoms with van der Waals surface area (Å²) in [5.41, 5.74) is 0. The molecule has 0 bridgehead atoms. The van der Waals surface area contributed by atoms with E-state index in [2.05, 4.69) is 8.92 Å². The Kier molecular flexibility index (Phi) is 11.7. The maximum absolute atomic E-state index is 9.86. The van der Waals surface area contributed by atoms with Crippen molar-refractivity contribution in [3.05, 3.63) is 0 Å². The van der Waals surface area contributed by atoms with Crippen molar-refractivity contribution in [2.75, 3.05) is 33.5 Å². The van der Waals surface area contributed by atoms with Crippen LogP contribution in [0, 0.1) is 0 Å². The zero-order valence-corrected chi connectivity index (χ0v) is 10.5. The minimum atomic E-state index is -4.58. The molecule has 0 heterocycles. The van der Waals surface area contributed by atoms with Gasteiger partial charge in [0.05, 0.1) is 26.4 Å². The summed E-state index contributed by atoms with van der Waals surface area (Å²) < 4.78 is 42.9. The van der Waals surface area contributed by atoms with Crippen LogP contribution in [0.25, 0.3) is 0 Å². The monoisotopic (exact) mass is 222 g/mol. The molecule has 0 fully saturated rings. The fraction of sp³-hybridized carbons (Fsp3) is 1.00. The van der Waals surface area contributed by atoms with Gasteiger partial charge in [-0.2, -0.15) is 0 Å². The van der Waals surface area contributed by atoms with Gasteiger partial charge >= 0.3 is 29.6 Å². The summed E-state index contributed by atoms with van der Waals surface area (Å²) in [6, 6.07) is 0. The van der Waals surface area contributed by atoms with Crippen molar-refractivity contribution in [2.45, 2.75) is 0 Å². The summed E-state index contributed by atoms with van der Waals surface area (Å²) in [5, 5.41) is 0. The van der Waals surface area contributed by atoms with Crippen LogP contribution in [0.1, 0.15) is 0 Å². The first-order chi connectivity index (χ1) is 5.56. The molecular weight excluding hydrogens is 211 g/mol. The summed E-state index contributed by atoms with van der Waals surface area (Å²) in [4.78, 5) is 0. The van der Waals surface area contributed by atoms with Gasteiger partial charge in [0, 0.05) is 7.11 Å². The van der Waals surface area contributed by atoms with E-state index in [4.69, 9.17) is 4.74 Å². The molecule has 0 aromatic rings. The van der Waals surface area contributed by atoms with Crippen LogP contribution in [0.5, 0.6) is 0 Å². The van der Waals surface area contributed by atoms with Crippen molar-refractivity contribution in [3.63, 3.8) is 0 Å².